The lowest BCUT2D eigenvalue weighted by molar-refractivity contribution is 0.0731. The lowest BCUT2D eigenvalue weighted by Crippen LogP contribution is -2.37. The second-order valence-electron chi connectivity index (χ2n) is 3.87. The molecule has 0 radical (unpaired) electrons. The van der Waals surface area contributed by atoms with E-state index in [1.807, 2.05) is 26.8 Å². The van der Waals surface area contributed by atoms with E-state index in [2.05, 4.69) is 4.98 Å². The molecule has 0 aliphatic rings. The Morgan fingerprint density at radius 2 is 2.31 bits per heavy atom. The van der Waals surface area contributed by atoms with Crippen molar-refractivity contribution in [1.29, 1.82) is 5.26 Å². The molecule has 0 bridgehead atoms. The highest BCUT2D eigenvalue weighted by Gasteiger charge is 2.18. The number of hydrogen-bond acceptors (Lipinski definition) is 3. The van der Waals surface area contributed by atoms with E-state index in [4.69, 9.17) is 5.26 Å². The Morgan fingerprint density at radius 3 is 2.81 bits per heavy atom. The van der Waals surface area contributed by atoms with Crippen molar-refractivity contribution in [1.82, 2.24) is 9.88 Å². The lowest BCUT2D eigenvalue weighted by Gasteiger charge is -2.23. The Bertz CT molecular complexity index is 421. The third-order valence-corrected chi connectivity index (χ3v) is 2.27. The van der Waals surface area contributed by atoms with Crippen LogP contribution in [0.25, 0.3) is 0 Å². The molecule has 84 valence electrons. The first-order valence-electron chi connectivity index (χ1n) is 5.17. The van der Waals surface area contributed by atoms with Crippen LogP contribution in [0, 0.1) is 18.3 Å². The molecule has 0 saturated carbocycles. The van der Waals surface area contributed by atoms with Crippen LogP contribution in [0.4, 0.5) is 0 Å². The molecule has 1 heterocycles. The van der Waals surface area contributed by atoms with E-state index in [-0.39, 0.29) is 18.5 Å². The number of rotatable bonds is 3. The molecule has 1 amide bonds. The minimum Gasteiger partial charge on any atom is -0.323 e. The van der Waals surface area contributed by atoms with Crippen molar-refractivity contribution in [3.63, 3.8) is 0 Å². The van der Waals surface area contributed by atoms with Gasteiger partial charge in [-0.2, -0.15) is 5.26 Å². The fourth-order valence-electron chi connectivity index (χ4n) is 1.41. The molecule has 0 aliphatic heterocycles. The van der Waals surface area contributed by atoms with Crippen molar-refractivity contribution in [2.24, 2.45) is 0 Å². The number of carbonyl (C=O) groups excluding carboxylic acids is 1. The van der Waals surface area contributed by atoms with Gasteiger partial charge in [0.25, 0.3) is 5.91 Å². The maximum absolute atomic E-state index is 12.1. The number of aromatic nitrogens is 1. The summed E-state index contributed by atoms with van der Waals surface area (Å²) in [5.74, 6) is -0.123. The van der Waals surface area contributed by atoms with Crippen LogP contribution in [0.1, 0.15) is 29.9 Å². The van der Waals surface area contributed by atoms with Gasteiger partial charge in [0.1, 0.15) is 6.54 Å². The molecule has 0 spiro atoms. The molecule has 4 heteroatoms. The summed E-state index contributed by atoms with van der Waals surface area (Å²) in [6.07, 6.45) is 1.60. The normalized spacial score (nSPS) is 9.94. The SMILES string of the molecule is Cc1cc(C(=O)N(CC#N)C(C)C)ccn1. The highest BCUT2D eigenvalue weighted by atomic mass is 16.2. The largest absolute Gasteiger partial charge is 0.323 e. The molecular weight excluding hydrogens is 202 g/mol. The number of nitriles is 1. The minimum absolute atomic E-state index is 0.0145. The summed E-state index contributed by atoms with van der Waals surface area (Å²) in [5.41, 5.74) is 1.38. The van der Waals surface area contributed by atoms with Crippen LogP contribution in [0.15, 0.2) is 18.3 Å². The van der Waals surface area contributed by atoms with Gasteiger partial charge in [0.15, 0.2) is 0 Å². The predicted octanol–water partition coefficient (Wildman–Crippen LogP) is 1.76. The Labute approximate surface area is 95.5 Å². The van der Waals surface area contributed by atoms with Crippen molar-refractivity contribution in [3.05, 3.63) is 29.6 Å². The molecule has 4 nitrogen and oxygen atoms in total. The van der Waals surface area contributed by atoms with Crippen LogP contribution in [-0.4, -0.2) is 28.4 Å². The van der Waals surface area contributed by atoms with Gasteiger partial charge in [-0.3, -0.25) is 9.78 Å². The smallest absolute Gasteiger partial charge is 0.255 e. The molecule has 0 saturated heterocycles. The van der Waals surface area contributed by atoms with Crippen LogP contribution < -0.4 is 0 Å². The Hall–Kier alpha value is -1.89. The number of pyridine rings is 1. The molecule has 0 N–H and O–H groups in total. The summed E-state index contributed by atoms with van der Waals surface area (Å²) in [6, 6.07) is 5.42. The zero-order valence-electron chi connectivity index (χ0n) is 9.77. The first kappa shape index (κ1) is 12.2. The van der Waals surface area contributed by atoms with Crippen LogP contribution in [0.5, 0.6) is 0 Å². The lowest BCUT2D eigenvalue weighted by atomic mass is 10.2. The van der Waals surface area contributed by atoms with Crippen LogP contribution >= 0.6 is 0 Å². The van der Waals surface area contributed by atoms with Crippen molar-refractivity contribution < 1.29 is 4.79 Å². The van der Waals surface area contributed by atoms with Gasteiger partial charge >= 0.3 is 0 Å². The van der Waals surface area contributed by atoms with Crippen molar-refractivity contribution in [3.8, 4) is 6.07 Å². The van der Waals surface area contributed by atoms with Gasteiger partial charge in [-0.25, -0.2) is 0 Å². The quantitative estimate of drug-likeness (QED) is 0.725. The van der Waals surface area contributed by atoms with Crippen molar-refractivity contribution in [2.75, 3.05) is 6.54 Å². The van der Waals surface area contributed by atoms with E-state index in [0.717, 1.165) is 5.69 Å². The van der Waals surface area contributed by atoms with E-state index >= 15 is 0 Å². The van der Waals surface area contributed by atoms with Gasteiger partial charge < -0.3 is 4.90 Å². The summed E-state index contributed by atoms with van der Waals surface area (Å²) in [7, 11) is 0. The Balaban J connectivity index is 2.95. The van der Waals surface area contributed by atoms with Crippen molar-refractivity contribution >= 4 is 5.91 Å². The highest BCUT2D eigenvalue weighted by molar-refractivity contribution is 5.94. The standard InChI is InChI=1S/C12H15N3O/c1-9(2)15(7-5-13)12(16)11-4-6-14-10(3)8-11/h4,6,8-9H,7H2,1-3H3. The van der Waals surface area contributed by atoms with Gasteiger partial charge in [0.2, 0.25) is 0 Å². The van der Waals surface area contributed by atoms with Gasteiger partial charge in [0, 0.05) is 23.5 Å². The predicted molar refractivity (Wildman–Crippen MR) is 60.8 cm³/mol. The molecule has 0 atom stereocenters. The molecule has 0 aromatic carbocycles. The number of hydrogen-bond donors (Lipinski definition) is 0. The topological polar surface area (TPSA) is 57.0 Å². The maximum atomic E-state index is 12.1. The van der Waals surface area contributed by atoms with Gasteiger partial charge in [-0.1, -0.05) is 0 Å². The van der Waals surface area contributed by atoms with Gasteiger partial charge in [-0.05, 0) is 32.9 Å². The molecular formula is C12H15N3O. The molecule has 0 aliphatic carbocycles. The van der Waals surface area contributed by atoms with Crippen LogP contribution in [0.3, 0.4) is 0 Å². The first-order valence-corrected chi connectivity index (χ1v) is 5.17. The first-order chi connectivity index (χ1) is 7.56. The fourth-order valence-corrected chi connectivity index (χ4v) is 1.41. The number of carbonyl (C=O) groups is 1. The van der Waals surface area contributed by atoms with Gasteiger partial charge in [0.05, 0.1) is 6.07 Å². The molecule has 1 rings (SSSR count). The van der Waals surface area contributed by atoms with Crippen molar-refractivity contribution in [2.45, 2.75) is 26.8 Å². The third-order valence-electron chi connectivity index (χ3n) is 2.27. The van der Waals surface area contributed by atoms with E-state index in [1.165, 1.54) is 4.90 Å². The van der Waals surface area contributed by atoms with Crippen LogP contribution in [-0.2, 0) is 0 Å². The maximum Gasteiger partial charge on any atom is 0.255 e. The highest BCUT2D eigenvalue weighted by Crippen LogP contribution is 2.08. The van der Waals surface area contributed by atoms with E-state index in [0.29, 0.717) is 5.56 Å². The number of nitrogens with zero attached hydrogens (tertiary/aromatic N) is 3. The molecule has 0 fully saturated rings. The molecule has 1 aromatic heterocycles. The fraction of sp³-hybridized carbons (Fsp3) is 0.417. The van der Waals surface area contributed by atoms with E-state index < -0.39 is 0 Å². The minimum atomic E-state index is -0.123. The summed E-state index contributed by atoms with van der Waals surface area (Å²) in [5, 5.41) is 8.68. The number of aryl methyl sites for hydroxylation is 1. The molecule has 16 heavy (non-hydrogen) atoms. The van der Waals surface area contributed by atoms with Crippen LogP contribution in [0.2, 0.25) is 0 Å². The third kappa shape index (κ3) is 2.80. The summed E-state index contributed by atoms with van der Waals surface area (Å²) in [4.78, 5) is 17.6. The van der Waals surface area contributed by atoms with E-state index in [9.17, 15) is 4.79 Å². The zero-order valence-corrected chi connectivity index (χ0v) is 9.77. The second-order valence-corrected chi connectivity index (χ2v) is 3.87. The Kier molecular flexibility index (Phi) is 4.01. The number of amides is 1. The average molecular weight is 217 g/mol. The summed E-state index contributed by atoms with van der Waals surface area (Å²) < 4.78 is 0. The van der Waals surface area contributed by atoms with Gasteiger partial charge in [-0.15, -0.1) is 0 Å². The summed E-state index contributed by atoms with van der Waals surface area (Å²) >= 11 is 0. The average Bonchev–Trinajstić information content (AvgIpc) is 2.24. The molecule has 0 unspecified atom stereocenters. The van der Waals surface area contributed by atoms with E-state index in [1.54, 1.807) is 18.3 Å². The second kappa shape index (κ2) is 5.26. The summed E-state index contributed by atoms with van der Waals surface area (Å²) in [6.45, 7) is 5.73. The monoisotopic (exact) mass is 217 g/mol. The molecule has 1 aromatic rings. The zero-order chi connectivity index (χ0) is 12.1. The Morgan fingerprint density at radius 1 is 1.62 bits per heavy atom.